The number of hydrogen-bond donors (Lipinski definition) is 3. The van der Waals surface area contributed by atoms with E-state index in [0.717, 1.165) is 15.7 Å². The van der Waals surface area contributed by atoms with Crippen molar-refractivity contribution in [2.24, 2.45) is 0 Å². The second-order valence-electron chi connectivity index (χ2n) is 3.18. The first kappa shape index (κ1) is 11.5. The Hall–Kier alpha value is -0.580. The van der Waals surface area contributed by atoms with Crippen molar-refractivity contribution in [2.45, 2.75) is 13.0 Å². The highest BCUT2D eigenvalue weighted by atomic mass is 79.9. The fourth-order valence-corrected chi connectivity index (χ4v) is 1.59. The number of aryl methyl sites for hydroxylation is 1. The average Bonchev–Trinajstić information content (AvgIpc) is 2.16. The number of anilines is 1. The number of halogens is 1. The molecule has 3 N–H and O–H groups in total. The van der Waals surface area contributed by atoms with Crippen LogP contribution in [0.1, 0.15) is 5.56 Å². The number of aliphatic hydroxyl groups excluding tert-OH is 2. The largest absolute Gasteiger partial charge is 0.394 e. The first-order valence-electron chi connectivity index (χ1n) is 4.42. The van der Waals surface area contributed by atoms with Crippen molar-refractivity contribution in [1.29, 1.82) is 0 Å². The molecule has 0 aliphatic carbocycles. The van der Waals surface area contributed by atoms with Gasteiger partial charge in [-0.15, -0.1) is 0 Å². The summed E-state index contributed by atoms with van der Waals surface area (Å²) in [5.41, 5.74) is 2.07. The summed E-state index contributed by atoms with van der Waals surface area (Å²) < 4.78 is 1.03. The summed E-state index contributed by atoms with van der Waals surface area (Å²) in [5.74, 6) is 0. The van der Waals surface area contributed by atoms with Crippen LogP contribution in [0.15, 0.2) is 22.7 Å². The van der Waals surface area contributed by atoms with E-state index in [1.54, 1.807) is 0 Å². The topological polar surface area (TPSA) is 52.5 Å². The minimum Gasteiger partial charge on any atom is -0.394 e. The molecule has 0 saturated heterocycles. The third-order valence-electron chi connectivity index (χ3n) is 1.93. The third kappa shape index (κ3) is 3.29. The molecule has 78 valence electrons. The van der Waals surface area contributed by atoms with Gasteiger partial charge in [0.2, 0.25) is 0 Å². The fraction of sp³-hybridized carbons (Fsp3) is 0.400. The minimum absolute atomic E-state index is 0.220. The summed E-state index contributed by atoms with van der Waals surface area (Å²) in [5, 5.41) is 20.8. The molecular formula is C10H14BrNO2. The maximum atomic E-state index is 9.14. The highest BCUT2D eigenvalue weighted by Crippen LogP contribution is 2.19. The van der Waals surface area contributed by atoms with Gasteiger partial charge in [-0.2, -0.15) is 0 Å². The Labute approximate surface area is 91.9 Å². The van der Waals surface area contributed by atoms with Crippen LogP contribution in [0, 0.1) is 6.92 Å². The first-order valence-corrected chi connectivity index (χ1v) is 5.21. The van der Waals surface area contributed by atoms with Crippen molar-refractivity contribution in [3.8, 4) is 0 Å². The molecule has 0 amide bonds. The van der Waals surface area contributed by atoms with Crippen molar-refractivity contribution in [3.05, 3.63) is 28.2 Å². The molecule has 0 heterocycles. The molecule has 0 fully saturated rings. The minimum atomic E-state index is -0.710. The van der Waals surface area contributed by atoms with E-state index in [0.29, 0.717) is 6.54 Å². The Morgan fingerprint density at radius 3 is 2.79 bits per heavy atom. The monoisotopic (exact) mass is 259 g/mol. The summed E-state index contributed by atoms with van der Waals surface area (Å²) in [6.45, 7) is 2.12. The van der Waals surface area contributed by atoms with Gasteiger partial charge in [-0.3, -0.25) is 0 Å². The van der Waals surface area contributed by atoms with Gasteiger partial charge in [-0.25, -0.2) is 0 Å². The van der Waals surface area contributed by atoms with E-state index >= 15 is 0 Å². The van der Waals surface area contributed by atoms with Crippen LogP contribution in [0.4, 0.5) is 5.69 Å². The molecule has 1 aromatic carbocycles. The highest BCUT2D eigenvalue weighted by Gasteiger charge is 2.03. The molecular weight excluding hydrogens is 246 g/mol. The molecule has 0 spiro atoms. The second kappa shape index (κ2) is 5.34. The van der Waals surface area contributed by atoms with Gasteiger partial charge in [-0.05, 0) is 30.7 Å². The Bertz CT molecular complexity index is 304. The summed E-state index contributed by atoms with van der Waals surface area (Å²) in [6.07, 6.45) is -0.710. The molecule has 0 aromatic heterocycles. The molecule has 4 heteroatoms. The average molecular weight is 260 g/mol. The molecule has 0 aliphatic rings. The second-order valence-corrected chi connectivity index (χ2v) is 4.09. The van der Waals surface area contributed by atoms with Gasteiger partial charge in [0.25, 0.3) is 0 Å². The van der Waals surface area contributed by atoms with Crippen molar-refractivity contribution in [1.82, 2.24) is 0 Å². The van der Waals surface area contributed by atoms with E-state index in [-0.39, 0.29) is 6.61 Å². The van der Waals surface area contributed by atoms with Gasteiger partial charge in [-0.1, -0.05) is 15.9 Å². The normalized spacial score (nSPS) is 12.6. The van der Waals surface area contributed by atoms with Crippen molar-refractivity contribution >= 4 is 21.6 Å². The van der Waals surface area contributed by atoms with Gasteiger partial charge < -0.3 is 15.5 Å². The van der Waals surface area contributed by atoms with E-state index in [1.165, 1.54) is 0 Å². The Morgan fingerprint density at radius 2 is 2.21 bits per heavy atom. The molecule has 1 atom stereocenters. The summed E-state index contributed by atoms with van der Waals surface area (Å²) in [4.78, 5) is 0. The van der Waals surface area contributed by atoms with Crippen molar-refractivity contribution in [3.63, 3.8) is 0 Å². The molecule has 0 unspecified atom stereocenters. The van der Waals surface area contributed by atoms with Crippen LogP contribution < -0.4 is 5.32 Å². The third-order valence-corrected chi connectivity index (χ3v) is 2.42. The van der Waals surface area contributed by atoms with Crippen LogP contribution in [-0.2, 0) is 0 Å². The van der Waals surface area contributed by atoms with E-state index < -0.39 is 6.10 Å². The van der Waals surface area contributed by atoms with Crippen molar-refractivity contribution in [2.75, 3.05) is 18.5 Å². The number of rotatable bonds is 4. The van der Waals surface area contributed by atoms with E-state index in [1.807, 2.05) is 25.1 Å². The predicted molar refractivity (Wildman–Crippen MR) is 60.5 cm³/mol. The number of nitrogens with one attached hydrogen (secondary N) is 1. The molecule has 14 heavy (non-hydrogen) atoms. The molecule has 3 nitrogen and oxygen atoms in total. The van der Waals surface area contributed by atoms with E-state index in [4.69, 9.17) is 10.2 Å². The lowest BCUT2D eigenvalue weighted by molar-refractivity contribution is 0.105. The number of benzene rings is 1. The lowest BCUT2D eigenvalue weighted by atomic mass is 10.2. The van der Waals surface area contributed by atoms with Gasteiger partial charge >= 0.3 is 0 Å². The maximum Gasteiger partial charge on any atom is 0.0942 e. The smallest absolute Gasteiger partial charge is 0.0942 e. The first-order chi connectivity index (χ1) is 6.63. The number of aliphatic hydroxyl groups is 2. The summed E-state index contributed by atoms with van der Waals surface area (Å²) in [7, 11) is 0. The standard InChI is InChI=1S/C10H14BrNO2/c1-7-4-8(11)2-3-10(7)12-5-9(14)6-13/h2-4,9,12-14H,5-6H2,1H3/t9-/m0/s1. The Balaban J connectivity index is 2.59. The van der Waals surface area contributed by atoms with Crippen LogP contribution >= 0.6 is 15.9 Å². The predicted octanol–water partition coefficient (Wildman–Crippen LogP) is 1.52. The zero-order valence-corrected chi connectivity index (χ0v) is 9.58. The van der Waals surface area contributed by atoms with Gasteiger partial charge in [0, 0.05) is 16.7 Å². The summed E-state index contributed by atoms with van der Waals surface area (Å²) >= 11 is 3.37. The number of hydrogen-bond acceptors (Lipinski definition) is 3. The summed E-state index contributed by atoms with van der Waals surface area (Å²) in [6, 6.07) is 5.86. The molecule has 0 aliphatic heterocycles. The van der Waals surface area contributed by atoms with Crippen molar-refractivity contribution < 1.29 is 10.2 Å². The maximum absolute atomic E-state index is 9.14. The molecule has 0 bridgehead atoms. The SMILES string of the molecule is Cc1cc(Br)ccc1NC[C@H](O)CO. The molecule has 1 rings (SSSR count). The Morgan fingerprint density at radius 1 is 1.50 bits per heavy atom. The van der Waals surface area contributed by atoms with Gasteiger partial charge in [0.15, 0.2) is 0 Å². The zero-order chi connectivity index (χ0) is 10.6. The zero-order valence-electron chi connectivity index (χ0n) is 8.00. The quantitative estimate of drug-likeness (QED) is 0.769. The van der Waals surface area contributed by atoms with Crippen LogP contribution in [0.3, 0.4) is 0 Å². The van der Waals surface area contributed by atoms with E-state index in [9.17, 15) is 0 Å². The lowest BCUT2D eigenvalue weighted by Crippen LogP contribution is -2.23. The van der Waals surface area contributed by atoms with Gasteiger partial charge in [0.05, 0.1) is 12.7 Å². The van der Waals surface area contributed by atoms with Crippen LogP contribution in [0.2, 0.25) is 0 Å². The molecule has 0 radical (unpaired) electrons. The lowest BCUT2D eigenvalue weighted by Gasteiger charge is -2.12. The highest BCUT2D eigenvalue weighted by molar-refractivity contribution is 9.10. The van der Waals surface area contributed by atoms with E-state index in [2.05, 4.69) is 21.2 Å². The van der Waals surface area contributed by atoms with Gasteiger partial charge in [0.1, 0.15) is 0 Å². The molecule has 0 saturated carbocycles. The van der Waals surface area contributed by atoms with Crippen LogP contribution in [-0.4, -0.2) is 29.5 Å². The Kier molecular flexibility index (Phi) is 4.38. The van der Waals surface area contributed by atoms with Crippen LogP contribution in [0.5, 0.6) is 0 Å². The van der Waals surface area contributed by atoms with Crippen LogP contribution in [0.25, 0.3) is 0 Å². The fourth-order valence-electron chi connectivity index (χ4n) is 1.12. The molecule has 1 aromatic rings.